The lowest BCUT2D eigenvalue weighted by Gasteiger charge is -2.37. The Kier molecular flexibility index (Phi) is 6.42. The maximum absolute atomic E-state index is 11.9. The monoisotopic (exact) mass is 290 g/mol. The van der Waals surface area contributed by atoms with Gasteiger partial charge in [0.25, 0.3) is 0 Å². The lowest BCUT2D eigenvalue weighted by molar-refractivity contribution is -0.148. The highest BCUT2D eigenvalue weighted by Crippen LogP contribution is 2.19. The van der Waals surface area contributed by atoms with Crippen LogP contribution in [-0.4, -0.2) is 64.9 Å². The number of esters is 1. The van der Waals surface area contributed by atoms with Gasteiger partial charge in [0, 0.05) is 41.4 Å². The van der Waals surface area contributed by atoms with Crippen molar-refractivity contribution < 1.29 is 13.7 Å². The molecule has 1 saturated heterocycles. The molecule has 0 aliphatic carbocycles. The molecule has 5 nitrogen and oxygen atoms in total. The smallest absolute Gasteiger partial charge is 0.325 e. The molecule has 1 aliphatic rings. The average molecular weight is 290 g/mol. The van der Waals surface area contributed by atoms with Gasteiger partial charge in [0.2, 0.25) is 0 Å². The first-order valence-electron chi connectivity index (χ1n) is 6.85. The molecule has 0 aromatic rings. The number of likely N-dealkylation sites (N-methyl/N-ethyl adjacent to an activating group) is 1. The molecule has 6 heteroatoms. The highest BCUT2D eigenvalue weighted by molar-refractivity contribution is 7.85. The lowest BCUT2D eigenvalue weighted by atomic mass is 9.92. The summed E-state index contributed by atoms with van der Waals surface area (Å²) in [5.74, 6) is 1.25. The van der Waals surface area contributed by atoms with Crippen molar-refractivity contribution in [2.45, 2.75) is 38.8 Å². The van der Waals surface area contributed by atoms with E-state index < -0.39 is 16.3 Å². The standard InChI is InChI=1S/C13H26N2O3S/c1-5-14-13(3,12(16)18-4)10-11(2)15-6-8-19(17)9-7-15/h11,14H,5-10H2,1-4H3. The zero-order valence-corrected chi connectivity index (χ0v) is 13.2. The molecule has 112 valence electrons. The van der Waals surface area contributed by atoms with Crippen LogP contribution in [0.3, 0.4) is 0 Å². The minimum Gasteiger partial charge on any atom is -0.468 e. The summed E-state index contributed by atoms with van der Waals surface area (Å²) in [7, 11) is 0.760. The Labute approximate surface area is 118 Å². The van der Waals surface area contributed by atoms with Crippen molar-refractivity contribution in [2.24, 2.45) is 0 Å². The van der Waals surface area contributed by atoms with Gasteiger partial charge in [-0.25, -0.2) is 0 Å². The van der Waals surface area contributed by atoms with Crippen LogP contribution in [0.4, 0.5) is 0 Å². The van der Waals surface area contributed by atoms with Crippen molar-refractivity contribution in [1.29, 1.82) is 0 Å². The van der Waals surface area contributed by atoms with Crippen LogP contribution in [-0.2, 0) is 20.3 Å². The van der Waals surface area contributed by atoms with Crippen LogP contribution in [0.5, 0.6) is 0 Å². The predicted octanol–water partition coefficient (Wildman–Crippen LogP) is 0.371. The third kappa shape index (κ3) is 4.54. The molecule has 0 bridgehead atoms. The molecule has 0 aromatic heterocycles. The highest BCUT2D eigenvalue weighted by atomic mass is 32.2. The van der Waals surface area contributed by atoms with Crippen LogP contribution in [0.2, 0.25) is 0 Å². The molecule has 0 saturated carbocycles. The van der Waals surface area contributed by atoms with Crippen LogP contribution < -0.4 is 5.32 Å². The van der Waals surface area contributed by atoms with E-state index in [0.29, 0.717) is 6.42 Å². The number of methoxy groups -OCH3 is 1. The van der Waals surface area contributed by atoms with E-state index in [1.54, 1.807) is 0 Å². The molecule has 2 unspecified atom stereocenters. The van der Waals surface area contributed by atoms with Gasteiger partial charge in [0.15, 0.2) is 0 Å². The van der Waals surface area contributed by atoms with E-state index >= 15 is 0 Å². The molecule has 0 aromatic carbocycles. The molecule has 1 N–H and O–H groups in total. The van der Waals surface area contributed by atoms with E-state index in [2.05, 4.69) is 17.1 Å². The van der Waals surface area contributed by atoms with Crippen molar-refractivity contribution in [1.82, 2.24) is 10.2 Å². The van der Waals surface area contributed by atoms with Gasteiger partial charge < -0.3 is 10.1 Å². The molecule has 1 rings (SSSR count). The summed E-state index contributed by atoms with van der Waals surface area (Å²) in [5.41, 5.74) is -0.653. The van der Waals surface area contributed by atoms with Gasteiger partial charge in [-0.2, -0.15) is 0 Å². The van der Waals surface area contributed by atoms with Crippen molar-refractivity contribution in [3.8, 4) is 0 Å². The quantitative estimate of drug-likeness (QED) is 0.716. The Balaban J connectivity index is 2.63. The third-order valence-electron chi connectivity index (χ3n) is 3.74. The number of hydrogen-bond donors (Lipinski definition) is 1. The minimum absolute atomic E-state index is 0.221. The van der Waals surface area contributed by atoms with Crippen molar-refractivity contribution in [3.63, 3.8) is 0 Å². The van der Waals surface area contributed by atoms with E-state index in [1.807, 2.05) is 13.8 Å². The Morgan fingerprint density at radius 3 is 2.53 bits per heavy atom. The molecule has 1 fully saturated rings. The lowest BCUT2D eigenvalue weighted by Crippen LogP contribution is -2.55. The van der Waals surface area contributed by atoms with E-state index in [-0.39, 0.29) is 12.0 Å². The number of carbonyl (C=O) groups excluding carboxylic acids is 1. The van der Waals surface area contributed by atoms with Crippen molar-refractivity contribution >= 4 is 16.8 Å². The van der Waals surface area contributed by atoms with E-state index in [9.17, 15) is 9.00 Å². The topological polar surface area (TPSA) is 58.6 Å². The predicted molar refractivity (Wildman–Crippen MR) is 77.6 cm³/mol. The van der Waals surface area contributed by atoms with Crippen molar-refractivity contribution in [3.05, 3.63) is 0 Å². The molecular weight excluding hydrogens is 264 g/mol. The number of rotatable bonds is 6. The Morgan fingerprint density at radius 1 is 1.47 bits per heavy atom. The molecular formula is C13H26N2O3S. The van der Waals surface area contributed by atoms with Gasteiger partial charge >= 0.3 is 5.97 Å². The van der Waals surface area contributed by atoms with E-state index in [1.165, 1.54) is 7.11 Å². The van der Waals surface area contributed by atoms with Crippen LogP contribution in [0.25, 0.3) is 0 Å². The summed E-state index contributed by atoms with van der Waals surface area (Å²) in [6, 6.07) is 0.264. The number of ether oxygens (including phenoxy) is 1. The van der Waals surface area contributed by atoms with Crippen LogP contribution >= 0.6 is 0 Å². The molecule has 0 amide bonds. The van der Waals surface area contributed by atoms with Gasteiger partial charge in [-0.05, 0) is 26.8 Å². The largest absolute Gasteiger partial charge is 0.468 e. The Morgan fingerprint density at radius 2 is 2.05 bits per heavy atom. The summed E-state index contributed by atoms with van der Waals surface area (Å²) < 4.78 is 16.3. The van der Waals surface area contributed by atoms with E-state index in [4.69, 9.17) is 4.74 Å². The van der Waals surface area contributed by atoms with Gasteiger partial charge in [-0.15, -0.1) is 0 Å². The summed E-state index contributed by atoms with van der Waals surface area (Å²) in [4.78, 5) is 14.2. The minimum atomic E-state index is -0.663. The zero-order valence-electron chi connectivity index (χ0n) is 12.4. The highest BCUT2D eigenvalue weighted by Gasteiger charge is 2.36. The molecule has 2 atom stereocenters. The zero-order chi connectivity index (χ0) is 14.5. The summed E-state index contributed by atoms with van der Waals surface area (Å²) in [6.45, 7) is 8.40. The molecule has 19 heavy (non-hydrogen) atoms. The number of nitrogens with zero attached hydrogens (tertiary/aromatic N) is 1. The maximum atomic E-state index is 11.9. The molecule has 1 heterocycles. The van der Waals surface area contributed by atoms with Crippen LogP contribution in [0.1, 0.15) is 27.2 Å². The number of nitrogens with one attached hydrogen (secondary N) is 1. The van der Waals surface area contributed by atoms with Gasteiger partial charge in [0.1, 0.15) is 5.54 Å². The number of carbonyl (C=O) groups is 1. The van der Waals surface area contributed by atoms with E-state index in [0.717, 1.165) is 31.1 Å². The van der Waals surface area contributed by atoms with Crippen molar-refractivity contribution in [2.75, 3.05) is 38.2 Å². The Hall–Kier alpha value is -0.460. The second-order valence-corrected chi connectivity index (χ2v) is 6.99. The first kappa shape index (κ1) is 16.6. The Bertz CT molecular complexity index is 328. The average Bonchev–Trinajstić information content (AvgIpc) is 2.38. The number of hydrogen-bond acceptors (Lipinski definition) is 5. The van der Waals surface area contributed by atoms with Gasteiger partial charge in [-0.3, -0.25) is 13.9 Å². The van der Waals surface area contributed by atoms with Crippen LogP contribution in [0, 0.1) is 0 Å². The summed E-state index contributed by atoms with van der Waals surface area (Å²) in [5, 5.41) is 3.23. The normalized spacial score (nSPS) is 22.7. The SMILES string of the molecule is CCNC(C)(CC(C)N1CCS(=O)CC1)C(=O)OC. The summed E-state index contributed by atoms with van der Waals surface area (Å²) >= 11 is 0. The maximum Gasteiger partial charge on any atom is 0.325 e. The van der Waals surface area contributed by atoms with Gasteiger partial charge in [-0.1, -0.05) is 6.92 Å². The first-order valence-corrected chi connectivity index (χ1v) is 8.34. The fraction of sp³-hybridized carbons (Fsp3) is 0.923. The summed E-state index contributed by atoms with van der Waals surface area (Å²) in [6.07, 6.45) is 0.695. The molecule has 0 spiro atoms. The van der Waals surface area contributed by atoms with Gasteiger partial charge in [0.05, 0.1) is 7.11 Å². The fourth-order valence-electron chi connectivity index (χ4n) is 2.66. The van der Waals surface area contributed by atoms with Crippen LogP contribution in [0.15, 0.2) is 0 Å². The second kappa shape index (κ2) is 7.36. The second-order valence-electron chi connectivity index (χ2n) is 5.29. The third-order valence-corrected chi connectivity index (χ3v) is 5.02. The first-order chi connectivity index (χ1) is 8.92. The molecule has 0 radical (unpaired) electrons. The molecule has 1 aliphatic heterocycles. The fourth-order valence-corrected chi connectivity index (χ4v) is 3.74.